The molecule has 2 aromatic rings. The minimum absolute atomic E-state index is 0.140. The van der Waals surface area contributed by atoms with E-state index in [4.69, 9.17) is 0 Å². The Morgan fingerprint density at radius 1 is 1.19 bits per heavy atom. The van der Waals surface area contributed by atoms with E-state index in [-0.39, 0.29) is 35.9 Å². The lowest BCUT2D eigenvalue weighted by Crippen LogP contribution is -2.38. The Kier molecular flexibility index (Phi) is 4.45. The third-order valence-corrected chi connectivity index (χ3v) is 5.21. The van der Waals surface area contributed by atoms with E-state index in [1.54, 1.807) is 54.7 Å². The minimum atomic E-state index is -0.369. The first-order valence-corrected chi connectivity index (χ1v) is 8.93. The standard InChI is InChI=1S/C20H20N4O3/c1-23(15-6-9-22-11-15)18(25)14-2-3-16-17(10-14)20(27)24(19(16)26)12-13-4-7-21-8-5-13/h2-5,7-8,10,15,22H,6,9,11-12H2,1H3. The molecule has 1 saturated heterocycles. The number of carbonyl (C=O) groups excluding carboxylic acids is 3. The number of nitrogens with zero attached hydrogens (tertiary/aromatic N) is 3. The van der Waals surface area contributed by atoms with Crippen LogP contribution in [0.4, 0.5) is 0 Å². The van der Waals surface area contributed by atoms with Gasteiger partial charge >= 0.3 is 0 Å². The summed E-state index contributed by atoms with van der Waals surface area (Å²) in [4.78, 5) is 45.0. The molecule has 4 rings (SSSR count). The van der Waals surface area contributed by atoms with E-state index in [2.05, 4.69) is 10.3 Å². The summed E-state index contributed by atoms with van der Waals surface area (Å²) >= 11 is 0. The average Bonchev–Trinajstić information content (AvgIpc) is 3.31. The second-order valence-corrected chi connectivity index (χ2v) is 6.87. The highest BCUT2D eigenvalue weighted by Crippen LogP contribution is 2.26. The largest absolute Gasteiger partial charge is 0.337 e. The molecule has 1 unspecified atom stereocenters. The average molecular weight is 364 g/mol. The summed E-state index contributed by atoms with van der Waals surface area (Å²) in [5.74, 6) is -0.842. The van der Waals surface area contributed by atoms with Crippen LogP contribution in [0.3, 0.4) is 0 Å². The summed E-state index contributed by atoms with van der Waals surface area (Å²) in [6, 6.07) is 8.43. The van der Waals surface area contributed by atoms with Gasteiger partial charge in [-0.15, -0.1) is 0 Å². The van der Waals surface area contributed by atoms with Gasteiger partial charge in [0, 0.05) is 37.6 Å². The molecule has 2 aliphatic heterocycles. The molecule has 138 valence electrons. The Bertz CT molecular complexity index is 907. The van der Waals surface area contributed by atoms with Gasteiger partial charge in [-0.25, -0.2) is 0 Å². The summed E-state index contributed by atoms with van der Waals surface area (Å²) in [7, 11) is 1.77. The molecule has 1 aromatic heterocycles. The van der Waals surface area contributed by atoms with Crippen LogP contribution in [0.15, 0.2) is 42.7 Å². The van der Waals surface area contributed by atoms with Crippen LogP contribution in [0.2, 0.25) is 0 Å². The zero-order chi connectivity index (χ0) is 19.0. The first-order chi connectivity index (χ1) is 13.1. The fraction of sp³-hybridized carbons (Fsp3) is 0.300. The third-order valence-electron chi connectivity index (χ3n) is 5.21. The molecule has 1 fully saturated rings. The highest BCUT2D eigenvalue weighted by atomic mass is 16.2. The first kappa shape index (κ1) is 17.4. The highest BCUT2D eigenvalue weighted by Gasteiger charge is 2.36. The van der Waals surface area contributed by atoms with E-state index in [1.165, 1.54) is 4.90 Å². The number of fused-ring (bicyclic) bond motifs is 1. The van der Waals surface area contributed by atoms with Gasteiger partial charge in [-0.2, -0.15) is 0 Å². The Hall–Kier alpha value is -3.06. The maximum absolute atomic E-state index is 12.8. The summed E-state index contributed by atoms with van der Waals surface area (Å²) < 4.78 is 0. The topological polar surface area (TPSA) is 82.6 Å². The van der Waals surface area contributed by atoms with Crippen LogP contribution >= 0.6 is 0 Å². The predicted molar refractivity (Wildman–Crippen MR) is 98.3 cm³/mol. The smallest absolute Gasteiger partial charge is 0.261 e. The van der Waals surface area contributed by atoms with Gasteiger partial charge in [0.2, 0.25) is 0 Å². The molecule has 1 atom stereocenters. The van der Waals surface area contributed by atoms with Gasteiger partial charge in [0.1, 0.15) is 0 Å². The van der Waals surface area contributed by atoms with Crippen molar-refractivity contribution in [2.24, 2.45) is 0 Å². The lowest BCUT2D eigenvalue weighted by molar-refractivity contribution is 0.0642. The molecule has 3 heterocycles. The summed E-state index contributed by atoms with van der Waals surface area (Å²) in [6.45, 7) is 1.85. The van der Waals surface area contributed by atoms with Crippen molar-refractivity contribution in [3.05, 3.63) is 65.0 Å². The normalized spacial score (nSPS) is 18.7. The van der Waals surface area contributed by atoms with E-state index in [0.29, 0.717) is 11.1 Å². The maximum atomic E-state index is 12.8. The van der Waals surface area contributed by atoms with Crippen molar-refractivity contribution in [2.75, 3.05) is 20.1 Å². The molecule has 2 aliphatic rings. The Morgan fingerprint density at radius 3 is 2.63 bits per heavy atom. The van der Waals surface area contributed by atoms with Gasteiger partial charge in [0.05, 0.1) is 17.7 Å². The van der Waals surface area contributed by atoms with Crippen LogP contribution in [0.25, 0.3) is 0 Å². The Balaban J connectivity index is 1.57. The number of amides is 3. The quantitative estimate of drug-likeness (QED) is 0.827. The van der Waals surface area contributed by atoms with E-state index in [0.717, 1.165) is 25.1 Å². The number of hydrogen-bond acceptors (Lipinski definition) is 5. The van der Waals surface area contributed by atoms with E-state index in [1.807, 2.05) is 0 Å². The number of likely N-dealkylation sites (N-methyl/N-ethyl adjacent to an activating group) is 1. The molecule has 27 heavy (non-hydrogen) atoms. The lowest BCUT2D eigenvalue weighted by Gasteiger charge is -2.23. The maximum Gasteiger partial charge on any atom is 0.261 e. The van der Waals surface area contributed by atoms with Gasteiger partial charge in [-0.3, -0.25) is 24.3 Å². The summed E-state index contributed by atoms with van der Waals surface area (Å²) in [5.41, 5.74) is 1.88. The molecule has 7 heteroatoms. The number of hydrogen-bond donors (Lipinski definition) is 1. The van der Waals surface area contributed by atoms with Crippen molar-refractivity contribution >= 4 is 17.7 Å². The molecule has 0 saturated carbocycles. The molecular weight excluding hydrogens is 344 g/mol. The van der Waals surface area contributed by atoms with Gasteiger partial charge in [0.15, 0.2) is 0 Å². The van der Waals surface area contributed by atoms with Crippen molar-refractivity contribution < 1.29 is 14.4 Å². The number of imide groups is 1. The number of rotatable bonds is 4. The molecule has 0 bridgehead atoms. The molecular formula is C20H20N4O3. The Morgan fingerprint density at radius 2 is 1.93 bits per heavy atom. The molecule has 0 spiro atoms. The summed E-state index contributed by atoms with van der Waals surface area (Å²) in [6.07, 6.45) is 4.15. The highest BCUT2D eigenvalue weighted by molar-refractivity contribution is 6.22. The second kappa shape index (κ2) is 6.92. The number of carbonyl (C=O) groups is 3. The lowest BCUT2D eigenvalue weighted by atomic mass is 10.0. The molecule has 0 radical (unpaired) electrons. The number of benzene rings is 1. The van der Waals surface area contributed by atoms with Crippen LogP contribution in [0.5, 0.6) is 0 Å². The van der Waals surface area contributed by atoms with Gasteiger partial charge in [-0.1, -0.05) is 0 Å². The van der Waals surface area contributed by atoms with Crippen LogP contribution in [-0.4, -0.2) is 58.7 Å². The number of aromatic nitrogens is 1. The van der Waals surface area contributed by atoms with Crippen molar-refractivity contribution in [1.29, 1.82) is 0 Å². The SMILES string of the molecule is CN(C(=O)c1ccc2c(c1)C(=O)N(Cc1ccncc1)C2=O)C1CCNC1. The van der Waals surface area contributed by atoms with Gasteiger partial charge < -0.3 is 10.2 Å². The van der Waals surface area contributed by atoms with Crippen LogP contribution in [0, 0.1) is 0 Å². The fourth-order valence-electron chi connectivity index (χ4n) is 3.58. The monoisotopic (exact) mass is 364 g/mol. The zero-order valence-corrected chi connectivity index (χ0v) is 15.0. The van der Waals surface area contributed by atoms with Crippen molar-refractivity contribution in [3.8, 4) is 0 Å². The predicted octanol–water partition coefficient (Wildman–Crippen LogP) is 1.31. The van der Waals surface area contributed by atoms with E-state index >= 15 is 0 Å². The number of nitrogens with one attached hydrogen (secondary N) is 1. The van der Waals surface area contributed by atoms with Gasteiger partial charge in [0.25, 0.3) is 17.7 Å². The van der Waals surface area contributed by atoms with E-state index in [9.17, 15) is 14.4 Å². The molecule has 1 aromatic carbocycles. The molecule has 3 amide bonds. The van der Waals surface area contributed by atoms with Crippen LogP contribution in [-0.2, 0) is 6.54 Å². The fourth-order valence-corrected chi connectivity index (χ4v) is 3.58. The van der Waals surface area contributed by atoms with Crippen LogP contribution < -0.4 is 5.32 Å². The van der Waals surface area contributed by atoms with Gasteiger partial charge in [-0.05, 0) is 48.9 Å². The molecule has 7 nitrogen and oxygen atoms in total. The van der Waals surface area contributed by atoms with Crippen molar-refractivity contribution in [1.82, 2.24) is 20.1 Å². The summed E-state index contributed by atoms with van der Waals surface area (Å²) in [5, 5.41) is 3.24. The van der Waals surface area contributed by atoms with E-state index < -0.39 is 0 Å². The molecule has 1 N–H and O–H groups in total. The number of pyridine rings is 1. The van der Waals surface area contributed by atoms with Crippen molar-refractivity contribution in [3.63, 3.8) is 0 Å². The Labute approximate surface area is 157 Å². The van der Waals surface area contributed by atoms with Crippen molar-refractivity contribution in [2.45, 2.75) is 19.0 Å². The third kappa shape index (κ3) is 3.10. The first-order valence-electron chi connectivity index (χ1n) is 8.93. The minimum Gasteiger partial charge on any atom is -0.337 e. The zero-order valence-electron chi connectivity index (χ0n) is 15.0. The molecule has 0 aliphatic carbocycles. The second-order valence-electron chi connectivity index (χ2n) is 6.87. The van der Waals surface area contributed by atoms with Crippen LogP contribution in [0.1, 0.15) is 43.1 Å².